The Morgan fingerprint density at radius 2 is 2.31 bits per heavy atom. The molecule has 1 aliphatic rings. The van der Waals surface area contributed by atoms with Crippen molar-refractivity contribution in [2.45, 2.75) is 25.9 Å². The van der Waals surface area contributed by atoms with E-state index in [1.165, 1.54) is 12.5 Å². The summed E-state index contributed by atoms with van der Waals surface area (Å²) in [5.41, 5.74) is 1.03. The Kier molecular flexibility index (Phi) is 2.32. The molecule has 0 bridgehead atoms. The van der Waals surface area contributed by atoms with E-state index in [1.54, 1.807) is 12.1 Å². The summed E-state index contributed by atoms with van der Waals surface area (Å²) in [5, 5.41) is 3.38. The van der Waals surface area contributed by atoms with Crippen LogP contribution < -0.4 is 5.32 Å². The Morgan fingerprint density at radius 1 is 1.54 bits per heavy atom. The van der Waals surface area contributed by atoms with Crippen molar-refractivity contribution in [1.82, 2.24) is 5.32 Å². The summed E-state index contributed by atoms with van der Waals surface area (Å²) in [6.07, 6.45) is 1.26. The molecule has 1 aromatic carbocycles. The molecule has 1 nitrogen and oxygen atoms in total. The summed E-state index contributed by atoms with van der Waals surface area (Å²) < 4.78 is 12.8. The Labute approximate surface area is 78.0 Å². The average molecular weight is 179 g/mol. The van der Waals surface area contributed by atoms with E-state index in [-0.39, 0.29) is 5.82 Å². The molecule has 0 amide bonds. The van der Waals surface area contributed by atoms with Gasteiger partial charge >= 0.3 is 0 Å². The average Bonchev–Trinajstić information content (AvgIpc) is 2.79. The summed E-state index contributed by atoms with van der Waals surface area (Å²) in [5.74, 6) is 0.650. The van der Waals surface area contributed by atoms with Gasteiger partial charge in [-0.15, -0.1) is 0 Å². The molecule has 1 saturated carbocycles. The van der Waals surface area contributed by atoms with Gasteiger partial charge in [0.25, 0.3) is 0 Å². The van der Waals surface area contributed by atoms with Crippen molar-refractivity contribution in [3.8, 4) is 0 Å². The highest BCUT2D eigenvalue weighted by atomic mass is 19.1. The first-order valence-electron chi connectivity index (χ1n) is 4.73. The van der Waals surface area contributed by atoms with Crippen molar-refractivity contribution < 1.29 is 4.39 Å². The highest BCUT2D eigenvalue weighted by molar-refractivity contribution is 5.16. The normalized spacial score (nSPS) is 26.0. The van der Waals surface area contributed by atoms with Crippen LogP contribution in [-0.2, 0) is 6.54 Å². The van der Waals surface area contributed by atoms with E-state index in [1.807, 2.05) is 6.07 Å². The van der Waals surface area contributed by atoms with Gasteiger partial charge in [-0.05, 0) is 30.0 Å². The summed E-state index contributed by atoms with van der Waals surface area (Å²) in [6.45, 7) is 3.01. The number of halogens is 1. The Hall–Kier alpha value is -0.890. The molecule has 2 heteroatoms. The quantitative estimate of drug-likeness (QED) is 0.750. The fourth-order valence-corrected chi connectivity index (χ4v) is 1.50. The van der Waals surface area contributed by atoms with Gasteiger partial charge in [-0.2, -0.15) is 0 Å². The number of hydrogen-bond acceptors (Lipinski definition) is 1. The maximum absolute atomic E-state index is 12.8. The Balaban J connectivity index is 1.87. The van der Waals surface area contributed by atoms with Crippen LogP contribution in [0.15, 0.2) is 24.3 Å². The molecule has 1 fully saturated rings. The van der Waals surface area contributed by atoms with Crippen molar-refractivity contribution in [2.75, 3.05) is 0 Å². The third kappa shape index (κ3) is 2.28. The molecule has 2 atom stereocenters. The molecule has 2 unspecified atom stereocenters. The van der Waals surface area contributed by atoms with Gasteiger partial charge in [0.15, 0.2) is 0 Å². The topological polar surface area (TPSA) is 12.0 Å². The molecule has 0 aromatic heterocycles. The van der Waals surface area contributed by atoms with Crippen molar-refractivity contribution >= 4 is 0 Å². The largest absolute Gasteiger partial charge is 0.310 e. The van der Waals surface area contributed by atoms with Crippen molar-refractivity contribution in [3.05, 3.63) is 35.6 Å². The van der Waals surface area contributed by atoms with Gasteiger partial charge in [-0.25, -0.2) is 4.39 Å². The predicted molar refractivity (Wildman–Crippen MR) is 50.8 cm³/mol. The number of rotatable bonds is 3. The first-order valence-corrected chi connectivity index (χ1v) is 4.73. The fourth-order valence-electron chi connectivity index (χ4n) is 1.50. The van der Waals surface area contributed by atoms with Gasteiger partial charge in [-0.3, -0.25) is 0 Å². The molecular weight excluding hydrogens is 165 g/mol. The highest BCUT2D eigenvalue weighted by Crippen LogP contribution is 2.29. The van der Waals surface area contributed by atoms with Crippen LogP contribution in [0.4, 0.5) is 4.39 Å². The monoisotopic (exact) mass is 179 g/mol. The second-order valence-corrected chi connectivity index (χ2v) is 3.83. The Bertz CT molecular complexity index is 298. The molecule has 0 heterocycles. The van der Waals surface area contributed by atoms with Crippen LogP contribution >= 0.6 is 0 Å². The van der Waals surface area contributed by atoms with Crippen LogP contribution in [0.3, 0.4) is 0 Å². The maximum Gasteiger partial charge on any atom is 0.123 e. The van der Waals surface area contributed by atoms with Crippen molar-refractivity contribution in [1.29, 1.82) is 0 Å². The standard InChI is InChI=1S/C11H14FN/c1-8-5-11(8)13-7-9-3-2-4-10(12)6-9/h2-4,6,8,11,13H,5,7H2,1H3. The highest BCUT2D eigenvalue weighted by Gasteiger charge is 2.31. The van der Waals surface area contributed by atoms with E-state index in [4.69, 9.17) is 0 Å². The van der Waals surface area contributed by atoms with Gasteiger partial charge < -0.3 is 5.32 Å². The van der Waals surface area contributed by atoms with E-state index in [2.05, 4.69) is 12.2 Å². The lowest BCUT2D eigenvalue weighted by Crippen LogP contribution is -2.16. The molecule has 70 valence electrons. The van der Waals surface area contributed by atoms with Gasteiger partial charge in [0, 0.05) is 12.6 Å². The molecule has 1 aromatic rings. The smallest absolute Gasteiger partial charge is 0.123 e. The zero-order valence-corrected chi connectivity index (χ0v) is 7.76. The van der Waals surface area contributed by atoms with Crippen LogP contribution in [0.2, 0.25) is 0 Å². The zero-order chi connectivity index (χ0) is 9.26. The summed E-state index contributed by atoms with van der Waals surface area (Å²) in [6, 6.07) is 7.41. The maximum atomic E-state index is 12.8. The summed E-state index contributed by atoms with van der Waals surface area (Å²) in [4.78, 5) is 0. The van der Waals surface area contributed by atoms with E-state index in [0.29, 0.717) is 6.04 Å². The number of hydrogen-bond donors (Lipinski definition) is 1. The molecule has 13 heavy (non-hydrogen) atoms. The lowest BCUT2D eigenvalue weighted by Gasteiger charge is -2.02. The first kappa shape index (κ1) is 8.70. The second-order valence-electron chi connectivity index (χ2n) is 3.83. The minimum absolute atomic E-state index is 0.150. The van der Waals surface area contributed by atoms with Gasteiger partial charge in [0.1, 0.15) is 5.82 Å². The van der Waals surface area contributed by atoms with Crippen LogP contribution in [0.25, 0.3) is 0 Å². The minimum Gasteiger partial charge on any atom is -0.310 e. The van der Waals surface area contributed by atoms with Gasteiger partial charge in [0.05, 0.1) is 0 Å². The summed E-state index contributed by atoms with van der Waals surface area (Å²) >= 11 is 0. The van der Waals surface area contributed by atoms with E-state index < -0.39 is 0 Å². The molecular formula is C11H14FN. The molecule has 2 rings (SSSR count). The van der Waals surface area contributed by atoms with Gasteiger partial charge in [0.2, 0.25) is 0 Å². The fraction of sp³-hybridized carbons (Fsp3) is 0.455. The molecule has 0 saturated heterocycles. The van der Waals surface area contributed by atoms with Crippen LogP contribution in [-0.4, -0.2) is 6.04 Å². The lowest BCUT2D eigenvalue weighted by atomic mass is 10.2. The van der Waals surface area contributed by atoms with Crippen LogP contribution in [0, 0.1) is 11.7 Å². The molecule has 1 N–H and O–H groups in total. The molecule has 1 aliphatic carbocycles. The third-order valence-electron chi connectivity index (χ3n) is 2.57. The van der Waals surface area contributed by atoms with Crippen LogP contribution in [0.5, 0.6) is 0 Å². The van der Waals surface area contributed by atoms with E-state index in [9.17, 15) is 4.39 Å². The first-order chi connectivity index (χ1) is 6.25. The predicted octanol–water partition coefficient (Wildman–Crippen LogP) is 2.32. The van der Waals surface area contributed by atoms with Crippen LogP contribution in [0.1, 0.15) is 18.9 Å². The lowest BCUT2D eigenvalue weighted by molar-refractivity contribution is 0.615. The van der Waals surface area contributed by atoms with E-state index >= 15 is 0 Å². The Morgan fingerprint density at radius 3 is 2.92 bits per heavy atom. The van der Waals surface area contributed by atoms with E-state index in [0.717, 1.165) is 18.0 Å². The molecule has 0 radical (unpaired) electrons. The molecule has 0 aliphatic heterocycles. The zero-order valence-electron chi connectivity index (χ0n) is 7.76. The second kappa shape index (κ2) is 3.46. The summed E-state index contributed by atoms with van der Waals surface area (Å²) in [7, 11) is 0. The van der Waals surface area contributed by atoms with Gasteiger partial charge in [-0.1, -0.05) is 19.1 Å². The SMILES string of the molecule is CC1CC1NCc1cccc(F)c1. The number of nitrogens with one attached hydrogen (secondary N) is 1. The van der Waals surface area contributed by atoms with Crippen molar-refractivity contribution in [2.24, 2.45) is 5.92 Å². The number of benzene rings is 1. The van der Waals surface area contributed by atoms with Crippen molar-refractivity contribution in [3.63, 3.8) is 0 Å². The third-order valence-corrected chi connectivity index (χ3v) is 2.57. The molecule has 0 spiro atoms. The minimum atomic E-state index is -0.150.